The molecular weight excluding hydrogens is 234 g/mol. The largest absolute Gasteiger partial charge is 0.496 e. The van der Waals surface area contributed by atoms with Crippen LogP contribution in [0.3, 0.4) is 0 Å². The molecule has 1 aromatic rings. The lowest BCUT2D eigenvalue weighted by Gasteiger charge is -2.19. The molecule has 98 valence electrons. The van der Waals surface area contributed by atoms with Crippen LogP contribution in [0, 0.1) is 0 Å². The van der Waals surface area contributed by atoms with E-state index in [1.807, 2.05) is 24.3 Å². The number of hydrogen-bond acceptors (Lipinski definition) is 4. The third-order valence-electron chi connectivity index (χ3n) is 3.27. The van der Waals surface area contributed by atoms with Crippen molar-refractivity contribution in [1.82, 2.24) is 4.90 Å². The van der Waals surface area contributed by atoms with Gasteiger partial charge in [0.25, 0.3) is 0 Å². The molecule has 0 aromatic heterocycles. The monoisotopic (exact) mass is 251 g/mol. The predicted molar refractivity (Wildman–Crippen MR) is 65.6 cm³/mol. The van der Waals surface area contributed by atoms with Gasteiger partial charge >= 0.3 is 6.09 Å². The van der Waals surface area contributed by atoms with E-state index in [9.17, 15) is 9.90 Å². The van der Waals surface area contributed by atoms with Crippen LogP contribution >= 0.6 is 0 Å². The van der Waals surface area contributed by atoms with Gasteiger partial charge in [-0.1, -0.05) is 18.2 Å². The van der Waals surface area contributed by atoms with Crippen LogP contribution in [0.15, 0.2) is 24.3 Å². The lowest BCUT2D eigenvalue weighted by atomic mass is 10.0. The second-order valence-corrected chi connectivity index (χ2v) is 4.30. The Hall–Kier alpha value is -1.75. The quantitative estimate of drug-likeness (QED) is 0.869. The number of carbonyl (C=O) groups is 1. The van der Waals surface area contributed by atoms with Crippen molar-refractivity contribution in [1.29, 1.82) is 0 Å². The molecule has 1 aliphatic heterocycles. The van der Waals surface area contributed by atoms with E-state index in [2.05, 4.69) is 0 Å². The summed E-state index contributed by atoms with van der Waals surface area (Å²) in [5.41, 5.74) is 0.964. The second kappa shape index (κ2) is 5.27. The summed E-state index contributed by atoms with van der Waals surface area (Å²) in [6, 6.07) is 7.29. The summed E-state index contributed by atoms with van der Waals surface area (Å²) in [7, 11) is 3.24. The molecule has 2 atom stereocenters. The van der Waals surface area contributed by atoms with Crippen LogP contribution in [0.4, 0.5) is 4.79 Å². The number of likely N-dealkylation sites (N-methyl/N-ethyl adjacent to an activating group) is 1. The minimum atomic E-state index is -0.394. The highest BCUT2D eigenvalue weighted by Gasteiger charge is 2.39. The maximum atomic E-state index is 11.5. The first-order valence-electron chi connectivity index (χ1n) is 5.83. The Bertz CT molecular complexity index is 435. The van der Waals surface area contributed by atoms with Gasteiger partial charge in [-0.2, -0.15) is 0 Å². The molecule has 1 fully saturated rings. The van der Waals surface area contributed by atoms with Crippen LogP contribution in [-0.4, -0.2) is 49.0 Å². The molecule has 1 aliphatic rings. The topological polar surface area (TPSA) is 59.0 Å². The second-order valence-electron chi connectivity index (χ2n) is 4.30. The number of aliphatic hydroxyl groups excluding tert-OH is 1. The molecule has 5 nitrogen and oxygen atoms in total. The molecule has 1 heterocycles. The van der Waals surface area contributed by atoms with E-state index in [1.54, 1.807) is 14.2 Å². The summed E-state index contributed by atoms with van der Waals surface area (Å²) in [5.74, 6) is 0.764. The van der Waals surface area contributed by atoms with Gasteiger partial charge in [-0.3, -0.25) is 0 Å². The first-order chi connectivity index (χ1) is 8.67. The van der Waals surface area contributed by atoms with Gasteiger partial charge in [0, 0.05) is 13.5 Å². The SMILES string of the molecule is COc1ccccc1CC1OC(=O)N(C)C1CO. The molecular formula is C13H17NO4. The van der Waals surface area contributed by atoms with E-state index in [-0.39, 0.29) is 18.8 Å². The maximum absolute atomic E-state index is 11.5. The molecule has 2 rings (SSSR count). The van der Waals surface area contributed by atoms with Gasteiger partial charge in [0.2, 0.25) is 0 Å². The number of carbonyl (C=O) groups excluding carboxylic acids is 1. The van der Waals surface area contributed by atoms with E-state index >= 15 is 0 Å². The number of benzene rings is 1. The van der Waals surface area contributed by atoms with Gasteiger partial charge in [0.15, 0.2) is 0 Å². The van der Waals surface area contributed by atoms with Crippen LogP contribution in [0.1, 0.15) is 5.56 Å². The van der Waals surface area contributed by atoms with Crippen molar-refractivity contribution in [2.75, 3.05) is 20.8 Å². The van der Waals surface area contributed by atoms with E-state index in [0.717, 1.165) is 11.3 Å². The van der Waals surface area contributed by atoms with Gasteiger partial charge < -0.3 is 19.5 Å². The van der Waals surface area contributed by atoms with Crippen LogP contribution < -0.4 is 4.74 Å². The smallest absolute Gasteiger partial charge is 0.410 e. The minimum Gasteiger partial charge on any atom is -0.496 e. The maximum Gasteiger partial charge on any atom is 0.410 e. The molecule has 1 N–H and O–H groups in total. The molecule has 0 saturated carbocycles. The van der Waals surface area contributed by atoms with Crippen LogP contribution in [-0.2, 0) is 11.2 Å². The van der Waals surface area contributed by atoms with Gasteiger partial charge in [-0.25, -0.2) is 4.79 Å². The Balaban J connectivity index is 2.16. The molecule has 5 heteroatoms. The van der Waals surface area contributed by atoms with Gasteiger partial charge in [0.05, 0.1) is 19.8 Å². The van der Waals surface area contributed by atoms with Crippen molar-refractivity contribution in [3.8, 4) is 5.75 Å². The Kier molecular flexibility index (Phi) is 3.72. The number of hydrogen-bond donors (Lipinski definition) is 1. The molecule has 0 radical (unpaired) electrons. The lowest BCUT2D eigenvalue weighted by Crippen LogP contribution is -2.37. The van der Waals surface area contributed by atoms with Crippen molar-refractivity contribution < 1.29 is 19.4 Å². The van der Waals surface area contributed by atoms with E-state index in [1.165, 1.54) is 4.90 Å². The number of aliphatic hydroxyl groups is 1. The minimum absolute atomic E-state index is 0.109. The first kappa shape index (κ1) is 12.7. The number of ether oxygens (including phenoxy) is 2. The summed E-state index contributed by atoms with van der Waals surface area (Å²) in [6.45, 7) is -0.109. The van der Waals surface area contributed by atoms with E-state index < -0.39 is 6.09 Å². The highest BCUT2D eigenvalue weighted by atomic mass is 16.6. The van der Waals surface area contributed by atoms with Crippen LogP contribution in [0.25, 0.3) is 0 Å². The molecule has 0 bridgehead atoms. The van der Waals surface area contributed by atoms with Crippen molar-refractivity contribution in [2.45, 2.75) is 18.6 Å². The zero-order valence-electron chi connectivity index (χ0n) is 10.5. The lowest BCUT2D eigenvalue weighted by molar-refractivity contribution is 0.117. The van der Waals surface area contributed by atoms with Gasteiger partial charge in [-0.05, 0) is 11.6 Å². The number of amides is 1. The predicted octanol–water partition coefficient (Wildman–Crippen LogP) is 1.05. The first-order valence-corrected chi connectivity index (χ1v) is 5.83. The highest BCUT2D eigenvalue weighted by molar-refractivity contribution is 5.70. The summed E-state index contributed by atoms with van der Waals surface area (Å²) in [6.07, 6.45) is -0.205. The fourth-order valence-electron chi connectivity index (χ4n) is 2.18. The van der Waals surface area contributed by atoms with Crippen LogP contribution in [0.5, 0.6) is 5.75 Å². The molecule has 1 amide bonds. The molecule has 18 heavy (non-hydrogen) atoms. The molecule has 2 unspecified atom stereocenters. The van der Waals surface area contributed by atoms with Crippen molar-refractivity contribution in [2.24, 2.45) is 0 Å². The molecule has 1 aromatic carbocycles. The van der Waals surface area contributed by atoms with Crippen molar-refractivity contribution >= 4 is 6.09 Å². The average molecular weight is 251 g/mol. The third-order valence-corrected chi connectivity index (χ3v) is 3.27. The molecule has 0 spiro atoms. The van der Waals surface area contributed by atoms with E-state index in [4.69, 9.17) is 9.47 Å². The summed E-state index contributed by atoms with van der Waals surface area (Å²) < 4.78 is 10.5. The fraction of sp³-hybridized carbons (Fsp3) is 0.462. The summed E-state index contributed by atoms with van der Waals surface area (Å²) in [5, 5.41) is 9.32. The van der Waals surface area contributed by atoms with Gasteiger partial charge in [-0.15, -0.1) is 0 Å². The number of rotatable bonds is 4. The zero-order valence-corrected chi connectivity index (χ0v) is 10.5. The summed E-state index contributed by atoms with van der Waals surface area (Å²) >= 11 is 0. The zero-order chi connectivity index (χ0) is 13.1. The summed E-state index contributed by atoms with van der Waals surface area (Å²) in [4.78, 5) is 12.9. The van der Waals surface area contributed by atoms with Crippen LogP contribution in [0.2, 0.25) is 0 Å². The number of cyclic esters (lactones) is 1. The fourth-order valence-corrected chi connectivity index (χ4v) is 2.18. The number of para-hydroxylation sites is 1. The Morgan fingerprint density at radius 1 is 1.44 bits per heavy atom. The van der Waals surface area contributed by atoms with Gasteiger partial charge in [0.1, 0.15) is 11.9 Å². The Morgan fingerprint density at radius 3 is 2.83 bits per heavy atom. The Labute approximate surface area is 106 Å². The highest BCUT2D eigenvalue weighted by Crippen LogP contribution is 2.25. The Morgan fingerprint density at radius 2 is 2.17 bits per heavy atom. The molecule has 0 aliphatic carbocycles. The van der Waals surface area contributed by atoms with Crippen molar-refractivity contribution in [3.05, 3.63) is 29.8 Å². The normalized spacial score (nSPS) is 23.1. The number of nitrogens with zero attached hydrogens (tertiary/aromatic N) is 1. The van der Waals surface area contributed by atoms with Crippen molar-refractivity contribution in [3.63, 3.8) is 0 Å². The standard InChI is InChI=1S/C13H17NO4/c1-14-10(8-15)12(18-13(14)16)7-9-5-3-4-6-11(9)17-2/h3-6,10,12,15H,7-8H2,1-2H3. The average Bonchev–Trinajstić information content (AvgIpc) is 2.65. The molecule has 1 saturated heterocycles. The van der Waals surface area contributed by atoms with E-state index in [0.29, 0.717) is 6.42 Å². The third kappa shape index (κ3) is 2.26. The number of methoxy groups -OCH3 is 1.